The number of rotatable bonds is 7. The van der Waals surface area contributed by atoms with E-state index < -0.39 is 5.63 Å². The highest BCUT2D eigenvalue weighted by Crippen LogP contribution is 2.33. The quantitative estimate of drug-likeness (QED) is 0.261. The molecule has 0 bridgehead atoms. The summed E-state index contributed by atoms with van der Waals surface area (Å²) in [6, 6.07) is 15.7. The van der Waals surface area contributed by atoms with E-state index in [4.69, 9.17) is 14.9 Å². The van der Waals surface area contributed by atoms with Crippen molar-refractivity contribution in [3.8, 4) is 11.4 Å². The first-order chi connectivity index (χ1) is 18.4. The van der Waals surface area contributed by atoms with Gasteiger partial charge in [-0.05, 0) is 55.8 Å². The molecule has 190 valence electrons. The van der Waals surface area contributed by atoms with Gasteiger partial charge in [0, 0.05) is 46.0 Å². The second kappa shape index (κ2) is 9.24. The van der Waals surface area contributed by atoms with E-state index >= 15 is 0 Å². The molecule has 3 aromatic carbocycles. The normalized spacial score (nSPS) is 13.1. The molecular weight excluding hydrogens is 486 g/mol. The summed E-state index contributed by atoms with van der Waals surface area (Å²) in [7, 11) is 0. The molecule has 0 saturated carbocycles. The largest absolute Gasteiger partial charge is 0.487 e. The van der Waals surface area contributed by atoms with E-state index in [9.17, 15) is 14.4 Å². The number of aromatic nitrogens is 3. The Balaban J connectivity index is 1.29. The Kier molecular flexibility index (Phi) is 5.73. The minimum Gasteiger partial charge on any atom is -0.487 e. The van der Waals surface area contributed by atoms with Crippen LogP contribution in [0.3, 0.4) is 0 Å². The fourth-order valence-corrected chi connectivity index (χ4v) is 4.82. The third kappa shape index (κ3) is 3.91. The Morgan fingerprint density at radius 3 is 2.61 bits per heavy atom. The molecule has 1 aliphatic rings. The van der Waals surface area contributed by atoms with Crippen molar-refractivity contribution in [3.05, 3.63) is 93.6 Å². The number of nitrogens with zero attached hydrogens (tertiary/aromatic N) is 4. The molecule has 0 saturated heterocycles. The van der Waals surface area contributed by atoms with Gasteiger partial charge >= 0.3 is 5.63 Å². The van der Waals surface area contributed by atoms with Gasteiger partial charge in [0.25, 0.3) is 11.8 Å². The number of amides is 2. The number of hydrogen-bond donors (Lipinski definition) is 1. The smallest absolute Gasteiger partial charge is 0.336 e. The standard InChI is InChI=1S/C28H23N5O5/c1-16-12-25(34)38-24-13-18(6-7-19(16)24)37-15-17-14-33(31-30-17)23-9-8-22-26-20(23)4-2-5-21(26)27(35)32(28(22)36)11-3-10-29/h2,4-9,12-14H,3,10-11,15,29H2,1H3. The maximum Gasteiger partial charge on any atom is 0.336 e. The zero-order chi connectivity index (χ0) is 26.4. The monoisotopic (exact) mass is 509 g/mol. The van der Waals surface area contributed by atoms with Crippen LogP contribution in [0.25, 0.3) is 27.4 Å². The summed E-state index contributed by atoms with van der Waals surface area (Å²) in [5.41, 5.74) is 8.65. The van der Waals surface area contributed by atoms with E-state index in [1.165, 1.54) is 11.0 Å². The second-order valence-electron chi connectivity index (χ2n) is 9.11. The van der Waals surface area contributed by atoms with E-state index in [0.29, 0.717) is 52.2 Å². The molecule has 5 aromatic rings. The lowest BCUT2D eigenvalue weighted by Crippen LogP contribution is -2.41. The van der Waals surface area contributed by atoms with Crippen molar-refractivity contribution >= 4 is 33.6 Å². The Bertz CT molecular complexity index is 1780. The van der Waals surface area contributed by atoms with Crippen molar-refractivity contribution in [1.82, 2.24) is 19.9 Å². The highest BCUT2D eigenvalue weighted by molar-refractivity contribution is 6.26. The highest BCUT2D eigenvalue weighted by Gasteiger charge is 2.33. The number of nitrogens with two attached hydrogens (primary N) is 1. The van der Waals surface area contributed by atoms with Crippen LogP contribution in [-0.2, 0) is 6.61 Å². The van der Waals surface area contributed by atoms with Crippen molar-refractivity contribution in [2.24, 2.45) is 5.73 Å². The van der Waals surface area contributed by atoms with E-state index in [2.05, 4.69) is 10.3 Å². The predicted octanol–water partition coefficient (Wildman–Crippen LogP) is 3.36. The predicted molar refractivity (Wildman–Crippen MR) is 139 cm³/mol. The minimum atomic E-state index is -0.414. The Morgan fingerprint density at radius 1 is 0.974 bits per heavy atom. The number of imide groups is 1. The van der Waals surface area contributed by atoms with Crippen molar-refractivity contribution < 1.29 is 18.7 Å². The molecule has 2 aromatic heterocycles. The van der Waals surface area contributed by atoms with Gasteiger partial charge in [0.1, 0.15) is 23.6 Å². The molecule has 10 heteroatoms. The average molecular weight is 510 g/mol. The molecule has 2 N–H and O–H groups in total. The van der Waals surface area contributed by atoms with E-state index in [-0.39, 0.29) is 25.0 Å². The lowest BCUT2D eigenvalue weighted by molar-refractivity contribution is 0.0610. The van der Waals surface area contributed by atoms with Gasteiger partial charge in [-0.15, -0.1) is 5.10 Å². The van der Waals surface area contributed by atoms with E-state index in [0.717, 1.165) is 16.3 Å². The van der Waals surface area contributed by atoms with Gasteiger partial charge in [-0.2, -0.15) is 0 Å². The molecule has 10 nitrogen and oxygen atoms in total. The number of carbonyl (C=O) groups excluding carboxylic acids is 2. The van der Waals surface area contributed by atoms with Crippen LogP contribution in [0.4, 0.5) is 0 Å². The van der Waals surface area contributed by atoms with Crippen molar-refractivity contribution in [3.63, 3.8) is 0 Å². The fraction of sp³-hybridized carbons (Fsp3) is 0.179. The van der Waals surface area contributed by atoms with Gasteiger partial charge < -0.3 is 14.9 Å². The maximum absolute atomic E-state index is 13.1. The molecule has 0 atom stereocenters. The third-order valence-electron chi connectivity index (χ3n) is 6.65. The molecular formula is C28H23N5O5. The minimum absolute atomic E-state index is 0.135. The van der Waals surface area contributed by atoms with Crippen LogP contribution in [0.1, 0.15) is 38.4 Å². The number of fused-ring (bicyclic) bond motifs is 1. The Hall–Kier alpha value is -4.83. The molecule has 0 radical (unpaired) electrons. The van der Waals surface area contributed by atoms with E-state index in [1.54, 1.807) is 47.3 Å². The summed E-state index contributed by atoms with van der Waals surface area (Å²) in [5, 5.41) is 10.6. The molecule has 2 amide bonds. The Morgan fingerprint density at radius 2 is 1.79 bits per heavy atom. The van der Waals surface area contributed by atoms with Gasteiger partial charge in [0.05, 0.1) is 11.9 Å². The van der Waals surface area contributed by atoms with Gasteiger partial charge in [-0.1, -0.05) is 17.3 Å². The summed E-state index contributed by atoms with van der Waals surface area (Å²) in [6.07, 6.45) is 2.27. The average Bonchev–Trinajstić information content (AvgIpc) is 3.38. The zero-order valence-corrected chi connectivity index (χ0v) is 20.5. The van der Waals surface area contributed by atoms with Gasteiger partial charge in [-0.3, -0.25) is 14.5 Å². The van der Waals surface area contributed by atoms with Crippen molar-refractivity contribution in [2.45, 2.75) is 20.0 Å². The van der Waals surface area contributed by atoms with Crippen LogP contribution in [0.5, 0.6) is 5.75 Å². The Labute approximate surface area is 216 Å². The zero-order valence-electron chi connectivity index (χ0n) is 20.5. The summed E-state index contributed by atoms with van der Waals surface area (Å²) in [5.74, 6) is -0.126. The maximum atomic E-state index is 13.1. The van der Waals surface area contributed by atoms with Gasteiger partial charge in [0.2, 0.25) is 0 Å². The molecule has 38 heavy (non-hydrogen) atoms. The summed E-state index contributed by atoms with van der Waals surface area (Å²) < 4.78 is 12.8. The molecule has 1 aliphatic heterocycles. The number of aryl methyl sites for hydroxylation is 1. The molecule has 0 aliphatic carbocycles. The fourth-order valence-electron chi connectivity index (χ4n) is 4.82. The lowest BCUT2D eigenvalue weighted by Gasteiger charge is -2.27. The first-order valence-electron chi connectivity index (χ1n) is 12.2. The van der Waals surface area contributed by atoms with Crippen LogP contribution in [0, 0.1) is 6.92 Å². The van der Waals surface area contributed by atoms with Crippen LogP contribution in [-0.4, -0.2) is 44.8 Å². The number of carbonyl (C=O) groups is 2. The number of hydrogen-bond acceptors (Lipinski definition) is 8. The summed E-state index contributed by atoms with van der Waals surface area (Å²) >= 11 is 0. The van der Waals surface area contributed by atoms with Gasteiger partial charge in [0.15, 0.2) is 0 Å². The first kappa shape index (κ1) is 23.6. The van der Waals surface area contributed by atoms with Crippen molar-refractivity contribution in [2.75, 3.05) is 13.1 Å². The van der Waals surface area contributed by atoms with Crippen LogP contribution >= 0.6 is 0 Å². The summed E-state index contributed by atoms with van der Waals surface area (Å²) in [6.45, 7) is 2.66. The first-order valence-corrected chi connectivity index (χ1v) is 12.2. The number of benzene rings is 3. The lowest BCUT2D eigenvalue weighted by atomic mass is 9.93. The van der Waals surface area contributed by atoms with E-state index in [1.807, 2.05) is 19.1 Å². The van der Waals surface area contributed by atoms with Crippen molar-refractivity contribution in [1.29, 1.82) is 0 Å². The highest BCUT2D eigenvalue weighted by atomic mass is 16.5. The molecule has 6 rings (SSSR count). The van der Waals surface area contributed by atoms with Crippen LogP contribution in [0.2, 0.25) is 0 Å². The topological polar surface area (TPSA) is 134 Å². The third-order valence-corrected chi connectivity index (χ3v) is 6.65. The SMILES string of the molecule is Cc1cc(=O)oc2cc(OCc3cn(-c4ccc5c6c(cccc46)C(=O)N(CCCN)C5=O)nn3)ccc12. The number of ether oxygens (including phenoxy) is 1. The molecule has 0 spiro atoms. The second-order valence-corrected chi connectivity index (χ2v) is 9.11. The van der Waals surface area contributed by atoms with Crippen LogP contribution < -0.4 is 16.1 Å². The molecule has 3 heterocycles. The summed E-state index contributed by atoms with van der Waals surface area (Å²) in [4.78, 5) is 39.2. The van der Waals surface area contributed by atoms with Crippen LogP contribution in [0.15, 0.2) is 70.0 Å². The van der Waals surface area contributed by atoms with Gasteiger partial charge in [-0.25, -0.2) is 9.48 Å². The molecule has 0 unspecified atom stereocenters. The molecule has 0 fully saturated rings.